The molecule has 3 aromatic rings. The second kappa shape index (κ2) is 6.76. The summed E-state index contributed by atoms with van der Waals surface area (Å²) in [5.74, 6) is 0.856. The third-order valence-corrected chi connectivity index (χ3v) is 4.23. The van der Waals surface area contributed by atoms with Crippen molar-refractivity contribution in [3.05, 3.63) is 67.0 Å². The largest absolute Gasteiger partial charge is 0.487 e. The van der Waals surface area contributed by atoms with E-state index in [1.807, 2.05) is 24.3 Å². The summed E-state index contributed by atoms with van der Waals surface area (Å²) in [4.78, 5) is 20.0. The van der Waals surface area contributed by atoms with Crippen molar-refractivity contribution in [1.82, 2.24) is 19.9 Å². The maximum atomic E-state index is 12.0. The fourth-order valence-electron chi connectivity index (χ4n) is 3.04. The first-order valence-electron chi connectivity index (χ1n) is 8.21. The van der Waals surface area contributed by atoms with E-state index in [4.69, 9.17) is 4.74 Å². The number of nitrogens with one attached hydrogen (secondary N) is 1. The molecule has 1 aliphatic heterocycles. The Kier molecular flexibility index (Phi) is 4.16. The quantitative estimate of drug-likeness (QED) is 0.775. The summed E-state index contributed by atoms with van der Waals surface area (Å²) < 4.78 is 7.86. The molecule has 0 fully saturated rings. The number of para-hydroxylation sites is 1. The van der Waals surface area contributed by atoms with Gasteiger partial charge in [-0.25, -0.2) is 4.98 Å². The monoisotopic (exact) mass is 334 g/mol. The first-order chi connectivity index (χ1) is 12.3. The molecule has 1 aromatic carbocycles. The molecule has 1 aliphatic rings. The van der Waals surface area contributed by atoms with Gasteiger partial charge in [-0.3, -0.25) is 9.78 Å². The lowest BCUT2D eigenvalue weighted by molar-refractivity contribution is -0.122. The molecule has 6 heteroatoms. The minimum atomic E-state index is -0.0512. The van der Waals surface area contributed by atoms with Crippen molar-refractivity contribution in [2.45, 2.75) is 19.1 Å². The van der Waals surface area contributed by atoms with Crippen LogP contribution >= 0.6 is 0 Å². The van der Waals surface area contributed by atoms with Crippen LogP contribution in [0.4, 0.5) is 0 Å². The van der Waals surface area contributed by atoms with Crippen LogP contribution in [0.5, 0.6) is 5.75 Å². The predicted molar refractivity (Wildman–Crippen MR) is 93.0 cm³/mol. The van der Waals surface area contributed by atoms with Gasteiger partial charge in [0.05, 0.1) is 12.9 Å². The Bertz CT molecular complexity index is 862. The number of fused-ring (bicyclic) bond motifs is 1. The molecule has 6 nitrogen and oxygen atoms in total. The highest BCUT2D eigenvalue weighted by Gasteiger charge is 2.26. The van der Waals surface area contributed by atoms with Crippen LogP contribution in [0, 0.1) is 0 Å². The zero-order chi connectivity index (χ0) is 17.1. The van der Waals surface area contributed by atoms with Gasteiger partial charge in [0.15, 0.2) is 0 Å². The van der Waals surface area contributed by atoms with Crippen LogP contribution in [0.15, 0.2) is 61.4 Å². The first-order valence-corrected chi connectivity index (χ1v) is 8.21. The van der Waals surface area contributed by atoms with E-state index in [0.717, 1.165) is 23.3 Å². The number of imidazole rings is 1. The average molecular weight is 334 g/mol. The van der Waals surface area contributed by atoms with Gasteiger partial charge >= 0.3 is 0 Å². The van der Waals surface area contributed by atoms with Crippen molar-refractivity contribution in [3.63, 3.8) is 0 Å². The number of amides is 1. The Morgan fingerprint density at radius 2 is 2.08 bits per heavy atom. The molecule has 1 atom stereocenters. The fourth-order valence-corrected chi connectivity index (χ4v) is 3.04. The normalized spacial score (nSPS) is 15.4. The maximum Gasteiger partial charge on any atom is 0.240 e. The van der Waals surface area contributed by atoms with Crippen molar-refractivity contribution >= 4 is 5.91 Å². The van der Waals surface area contributed by atoms with E-state index in [9.17, 15) is 4.79 Å². The Morgan fingerprint density at radius 3 is 2.88 bits per heavy atom. The maximum absolute atomic E-state index is 12.0. The summed E-state index contributed by atoms with van der Waals surface area (Å²) in [7, 11) is 0. The van der Waals surface area contributed by atoms with Crippen LogP contribution in [0.3, 0.4) is 0 Å². The molecule has 0 spiro atoms. The first kappa shape index (κ1) is 15.4. The smallest absolute Gasteiger partial charge is 0.240 e. The molecule has 1 amide bonds. The van der Waals surface area contributed by atoms with E-state index >= 15 is 0 Å². The fraction of sp³-hybridized carbons (Fsp3) is 0.211. The van der Waals surface area contributed by atoms with Crippen LogP contribution in [-0.2, 0) is 17.8 Å². The standard InChI is InChI=1S/C19H18N4O2/c24-18(12-23-9-8-21-13-23)22-11-16-10-15-2-1-3-17(19(15)25-16)14-4-6-20-7-5-14/h1-9,13,16H,10-12H2,(H,22,24)/t16-/m1/s1. The lowest BCUT2D eigenvalue weighted by atomic mass is 10.0. The lowest BCUT2D eigenvalue weighted by Gasteiger charge is -2.13. The van der Waals surface area contributed by atoms with E-state index in [1.165, 1.54) is 5.56 Å². The molecule has 2 aromatic heterocycles. The molecule has 1 N–H and O–H groups in total. The summed E-state index contributed by atoms with van der Waals surface area (Å²) in [6.07, 6.45) is 9.34. The highest BCUT2D eigenvalue weighted by Crippen LogP contribution is 2.38. The van der Waals surface area contributed by atoms with Gasteiger partial charge in [-0.05, 0) is 23.3 Å². The summed E-state index contributed by atoms with van der Waals surface area (Å²) in [5.41, 5.74) is 3.31. The summed E-state index contributed by atoms with van der Waals surface area (Å²) in [6.45, 7) is 0.750. The molecular weight excluding hydrogens is 316 g/mol. The highest BCUT2D eigenvalue weighted by atomic mass is 16.5. The van der Waals surface area contributed by atoms with Gasteiger partial charge in [0.1, 0.15) is 18.4 Å². The Hall–Kier alpha value is -3.15. The van der Waals surface area contributed by atoms with Crippen LogP contribution < -0.4 is 10.1 Å². The number of carbonyl (C=O) groups is 1. The Labute approximate surface area is 145 Å². The van der Waals surface area contributed by atoms with E-state index in [2.05, 4.69) is 21.4 Å². The van der Waals surface area contributed by atoms with Gasteiger partial charge in [-0.2, -0.15) is 0 Å². The topological polar surface area (TPSA) is 69.0 Å². The zero-order valence-corrected chi connectivity index (χ0v) is 13.6. The molecule has 0 unspecified atom stereocenters. The molecule has 126 valence electrons. The molecule has 0 radical (unpaired) electrons. The second-order valence-corrected chi connectivity index (χ2v) is 6.01. The second-order valence-electron chi connectivity index (χ2n) is 6.01. The van der Waals surface area contributed by atoms with Gasteiger partial charge in [0.2, 0.25) is 5.91 Å². The number of benzene rings is 1. The van der Waals surface area contributed by atoms with Gasteiger partial charge in [0.25, 0.3) is 0 Å². The molecular formula is C19H18N4O2. The van der Waals surface area contributed by atoms with Crippen LogP contribution in [0.25, 0.3) is 11.1 Å². The minimum Gasteiger partial charge on any atom is -0.487 e. The van der Waals surface area contributed by atoms with E-state index < -0.39 is 0 Å². The lowest BCUT2D eigenvalue weighted by Crippen LogP contribution is -2.36. The van der Waals surface area contributed by atoms with E-state index in [0.29, 0.717) is 6.54 Å². The number of aromatic nitrogens is 3. The number of nitrogens with zero attached hydrogens (tertiary/aromatic N) is 3. The Balaban J connectivity index is 1.41. The number of rotatable bonds is 5. The SMILES string of the molecule is O=C(Cn1ccnc1)NC[C@H]1Cc2cccc(-c3ccncc3)c2O1. The van der Waals surface area contributed by atoms with Gasteiger partial charge in [-0.1, -0.05) is 18.2 Å². The van der Waals surface area contributed by atoms with Gasteiger partial charge in [-0.15, -0.1) is 0 Å². The van der Waals surface area contributed by atoms with Gasteiger partial charge < -0.3 is 14.6 Å². The molecule has 4 rings (SSSR count). The van der Waals surface area contributed by atoms with Crippen LogP contribution in [0.1, 0.15) is 5.56 Å². The van der Waals surface area contributed by atoms with Crippen LogP contribution in [-0.4, -0.2) is 33.1 Å². The summed E-state index contributed by atoms with van der Waals surface area (Å²) in [5, 5.41) is 2.93. The molecule has 0 bridgehead atoms. The molecule has 3 heterocycles. The summed E-state index contributed by atoms with van der Waals surface area (Å²) in [6, 6.07) is 10.1. The van der Waals surface area contributed by atoms with Crippen LogP contribution in [0.2, 0.25) is 0 Å². The number of hydrogen-bond acceptors (Lipinski definition) is 4. The summed E-state index contributed by atoms with van der Waals surface area (Å²) >= 11 is 0. The third-order valence-electron chi connectivity index (χ3n) is 4.23. The third kappa shape index (κ3) is 3.38. The number of hydrogen-bond donors (Lipinski definition) is 1. The average Bonchev–Trinajstić information content (AvgIpc) is 3.29. The molecule has 25 heavy (non-hydrogen) atoms. The van der Waals surface area contributed by atoms with E-state index in [1.54, 1.807) is 35.7 Å². The molecule has 0 saturated heterocycles. The zero-order valence-electron chi connectivity index (χ0n) is 13.6. The van der Waals surface area contributed by atoms with Crippen molar-refractivity contribution in [2.24, 2.45) is 0 Å². The van der Waals surface area contributed by atoms with Gasteiger partial charge in [0, 0.05) is 36.8 Å². The van der Waals surface area contributed by atoms with Crippen molar-refractivity contribution in [2.75, 3.05) is 6.54 Å². The highest BCUT2D eigenvalue weighted by molar-refractivity contribution is 5.76. The van der Waals surface area contributed by atoms with E-state index in [-0.39, 0.29) is 18.6 Å². The minimum absolute atomic E-state index is 0.0492. The molecule has 0 aliphatic carbocycles. The van der Waals surface area contributed by atoms with Crippen molar-refractivity contribution in [3.8, 4) is 16.9 Å². The van der Waals surface area contributed by atoms with Crippen molar-refractivity contribution < 1.29 is 9.53 Å². The Morgan fingerprint density at radius 1 is 1.20 bits per heavy atom. The number of carbonyl (C=O) groups excluding carboxylic acids is 1. The van der Waals surface area contributed by atoms with Crippen molar-refractivity contribution in [1.29, 1.82) is 0 Å². The molecule has 0 saturated carbocycles. The number of pyridine rings is 1. The predicted octanol–water partition coefficient (Wildman–Crippen LogP) is 2.06. The number of ether oxygens (including phenoxy) is 1.